The zero-order chi connectivity index (χ0) is 11.1. The zero-order valence-corrected chi connectivity index (χ0v) is 9.93. The molecule has 1 atom stereocenters. The Labute approximate surface area is 97.1 Å². The molecule has 1 aromatic carbocycles. The van der Waals surface area contributed by atoms with Crippen LogP contribution in [0.1, 0.15) is 25.3 Å². The van der Waals surface area contributed by atoms with E-state index in [0.717, 1.165) is 24.4 Å². The molecule has 0 aliphatic carbocycles. The number of hydrogen-bond donors (Lipinski definition) is 1. The van der Waals surface area contributed by atoms with E-state index in [1.54, 1.807) is 0 Å². The lowest BCUT2D eigenvalue weighted by Gasteiger charge is -2.12. The van der Waals surface area contributed by atoms with Crippen molar-refractivity contribution in [1.82, 2.24) is 5.32 Å². The Morgan fingerprint density at radius 3 is 3.00 bits per heavy atom. The molecule has 0 amide bonds. The van der Waals surface area contributed by atoms with Gasteiger partial charge in [0.05, 0.1) is 0 Å². The zero-order valence-electron chi connectivity index (χ0n) is 9.17. The first kappa shape index (κ1) is 12.3. The Kier molecular flexibility index (Phi) is 5.44. The van der Waals surface area contributed by atoms with Gasteiger partial charge in [-0.15, -0.1) is 6.58 Å². The van der Waals surface area contributed by atoms with E-state index in [1.165, 1.54) is 5.56 Å². The number of hydrogen-bond acceptors (Lipinski definition) is 1. The third kappa shape index (κ3) is 5.01. The number of rotatable bonds is 6. The van der Waals surface area contributed by atoms with Crippen molar-refractivity contribution in [3.63, 3.8) is 0 Å². The highest BCUT2D eigenvalue weighted by atomic mass is 35.5. The molecule has 0 aromatic heterocycles. The van der Waals surface area contributed by atoms with Gasteiger partial charge >= 0.3 is 0 Å². The van der Waals surface area contributed by atoms with Gasteiger partial charge in [0.1, 0.15) is 0 Å². The molecular weight excluding hydrogens is 206 g/mol. The highest BCUT2D eigenvalue weighted by molar-refractivity contribution is 6.30. The maximum Gasteiger partial charge on any atom is 0.0409 e. The molecule has 1 rings (SSSR count). The lowest BCUT2D eigenvalue weighted by molar-refractivity contribution is 0.518. The first-order valence-electron chi connectivity index (χ1n) is 5.31. The van der Waals surface area contributed by atoms with Gasteiger partial charge in [-0.05, 0) is 37.5 Å². The fourth-order valence-electron chi connectivity index (χ4n) is 1.41. The van der Waals surface area contributed by atoms with Gasteiger partial charge in [-0.2, -0.15) is 0 Å². The molecule has 0 spiro atoms. The van der Waals surface area contributed by atoms with E-state index >= 15 is 0 Å². The summed E-state index contributed by atoms with van der Waals surface area (Å²) in [4.78, 5) is 0. The summed E-state index contributed by atoms with van der Waals surface area (Å²) in [6.07, 6.45) is 4.14. The van der Waals surface area contributed by atoms with Crippen LogP contribution >= 0.6 is 11.6 Å². The highest BCUT2D eigenvalue weighted by Gasteiger charge is 2.00. The van der Waals surface area contributed by atoms with Crippen molar-refractivity contribution in [2.75, 3.05) is 0 Å². The van der Waals surface area contributed by atoms with Crippen molar-refractivity contribution >= 4 is 11.6 Å². The molecule has 15 heavy (non-hydrogen) atoms. The number of halogens is 1. The van der Waals surface area contributed by atoms with Crippen LogP contribution in [-0.4, -0.2) is 6.04 Å². The summed E-state index contributed by atoms with van der Waals surface area (Å²) in [6.45, 7) is 6.78. The Morgan fingerprint density at radius 1 is 1.53 bits per heavy atom. The van der Waals surface area contributed by atoms with Gasteiger partial charge in [-0.1, -0.05) is 29.8 Å². The van der Waals surface area contributed by atoms with Crippen molar-refractivity contribution in [3.05, 3.63) is 47.5 Å². The van der Waals surface area contributed by atoms with Crippen LogP contribution in [0.3, 0.4) is 0 Å². The molecule has 0 aliphatic heterocycles. The Hall–Kier alpha value is -0.790. The molecule has 0 saturated carbocycles. The van der Waals surface area contributed by atoms with Crippen molar-refractivity contribution in [2.45, 2.75) is 32.4 Å². The predicted octanol–water partition coefficient (Wildman–Crippen LogP) is 3.78. The molecule has 1 unspecified atom stereocenters. The molecule has 2 heteroatoms. The van der Waals surface area contributed by atoms with Crippen LogP contribution in [0.2, 0.25) is 5.02 Å². The highest BCUT2D eigenvalue weighted by Crippen LogP contribution is 2.10. The van der Waals surface area contributed by atoms with E-state index < -0.39 is 0 Å². The molecule has 0 radical (unpaired) electrons. The van der Waals surface area contributed by atoms with Gasteiger partial charge in [0, 0.05) is 17.6 Å². The van der Waals surface area contributed by atoms with Crippen molar-refractivity contribution in [1.29, 1.82) is 0 Å². The maximum absolute atomic E-state index is 5.90. The largest absolute Gasteiger partial charge is 0.310 e. The summed E-state index contributed by atoms with van der Waals surface area (Å²) in [5.41, 5.74) is 1.23. The Balaban J connectivity index is 2.33. The van der Waals surface area contributed by atoms with E-state index in [2.05, 4.69) is 24.9 Å². The van der Waals surface area contributed by atoms with Crippen LogP contribution in [0.25, 0.3) is 0 Å². The first-order chi connectivity index (χ1) is 7.22. The third-order valence-electron chi connectivity index (χ3n) is 2.35. The van der Waals surface area contributed by atoms with E-state index in [0.29, 0.717) is 6.04 Å². The summed E-state index contributed by atoms with van der Waals surface area (Å²) >= 11 is 5.90. The summed E-state index contributed by atoms with van der Waals surface area (Å²) in [5, 5.41) is 4.25. The second kappa shape index (κ2) is 6.65. The fraction of sp³-hybridized carbons (Fsp3) is 0.385. The Morgan fingerprint density at radius 2 is 2.33 bits per heavy atom. The molecule has 1 N–H and O–H groups in total. The second-order valence-corrected chi connectivity index (χ2v) is 4.21. The predicted molar refractivity (Wildman–Crippen MR) is 67.2 cm³/mol. The van der Waals surface area contributed by atoms with Gasteiger partial charge in [0.25, 0.3) is 0 Å². The minimum atomic E-state index is 0.516. The van der Waals surface area contributed by atoms with Gasteiger partial charge in [0.2, 0.25) is 0 Å². The molecule has 1 nitrogen and oxygen atoms in total. The Bertz CT molecular complexity index is 309. The molecule has 1 aromatic rings. The van der Waals surface area contributed by atoms with Crippen LogP contribution in [0, 0.1) is 0 Å². The summed E-state index contributed by atoms with van der Waals surface area (Å²) in [6, 6.07) is 8.47. The topological polar surface area (TPSA) is 12.0 Å². The second-order valence-electron chi connectivity index (χ2n) is 3.78. The molecule has 0 aliphatic rings. The number of benzene rings is 1. The van der Waals surface area contributed by atoms with Crippen molar-refractivity contribution in [3.8, 4) is 0 Å². The standard InChI is InChI=1S/C13H18ClN/c1-3-4-6-11(2)15-10-12-7-5-8-13(14)9-12/h3,5,7-9,11,15H,1,4,6,10H2,2H3. The smallest absolute Gasteiger partial charge is 0.0409 e. The van der Waals surface area contributed by atoms with Crippen molar-refractivity contribution < 1.29 is 0 Å². The molecule has 0 saturated heterocycles. The maximum atomic E-state index is 5.90. The van der Waals surface area contributed by atoms with E-state index in [-0.39, 0.29) is 0 Å². The average molecular weight is 224 g/mol. The van der Waals surface area contributed by atoms with E-state index in [9.17, 15) is 0 Å². The SMILES string of the molecule is C=CCCC(C)NCc1cccc(Cl)c1. The van der Waals surface area contributed by atoms with Gasteiger partial charge in [0.15, 0.2) is 0 Å². The minimum absolute atomic E-state index is 0.516. The van der Waals surface area contributed by atoms with Crippen LogP contribution in [-0.2, 0) is 6.54 Å². The van der Waals surface area contributed by atoms with Crippen LogP contribution < -0.4 is 5.32 Å². The minimum Gasteiger partial charge on any atom is -0.310 e. The van der Waals surface area contributed by atoms with Crippen molar-refractivity contribution in [2.24, 2.45) is 0 Å². The van der Waals surface area contributed by atoms with Crippen LogP contribution in [0.5, 0.6) is 0 Å². The average Bonchev–Trinajstić information content (AvgIpc) is 2.23. The third-order valence-corrected chi connectivity index (χ3v) is 2.58. The number of allylic oxidation sites excluding steroid dienone is 1. The van der Waals surface area contributed by atoms with E-state index in [1.807, 2.05) is 24.3 Å². The summed E-state index contributed by atoms with van der Waals surface area (Å²) < 4.78 is 0. The van der Waals surface area contributed by atoms with Crippen LogP contribution in [0.4, 0.5) is 0 Å². The molecule has 82 valence electrons. The summed E-state index contributed by atoms with van der Waals surface area (Å²) in [7, 11) is 0. The molecule has 0 bridgehead atoms. The lowest BCUT2D eigenvalue weighted by Crippen LogP contribution is -2.25. The summed E-state index contributed by atoms with van der Waals surface area (Å²) in [5.74, 6) is 0. The molecule has 0 fully saturated rings. The number of nitrogens with one attached hydrogen (secondary N) is 1. The van der Waals surface area contributed by atoms with Gasteiger partial charge in [-0.25, -0.2) is 0 Å². The monoisotopic (exact) mass is 223 g/mol. The normalized spacial score (nSPS) is 12.4. The molecular formula is C13H18ClN. The lowest BCUT2D eigenvalue weighted by atomic mass is 10.1. The van der Waals surface area contributed by atoms with Gasteiger partial charge in [-0.3, -0.25) is 0 Å². The first-order valence-corrected chi connectivity index (χ1v) is 5.69. The quantitative estimate of drug-likeness (QED) is 0.724. The van der Waals surface area contributed by atoms with E-state index in [4.69, 9.17) is 11.6 Å². The van der Waals surface area contributed by atoms with Crippen LogP contribution in [0.15, 0.2) is 36.9 Å². The molecule has 0 heterocycles. The fourth-order valence-corrected chi connectivity index (χ4v) is 1.62. The van der Waals surface area contributed by atoms with Gasteiger partial charge < -0.3 is 5.32 Å².